The zero-order valence-electron chi connectivity index (χ0n) is 8.87. The van der Waals surface area contributed by atoms with E-state index in [0.29, 0.717) is 12.0 Å². The van der Waals surface area contributed by atoms with Crippen molar-refractivity contribution in [2.24, 2.45) is 5.92 Å². The summed E-state index contributed by atoms with van der Waals surface area (Å²) in [7, 11) is 1.80. The van der Waals surface area contributed by atoms with Gasteiger partial charge in [0.1, 0.15) is 0 Å². The van der Waals surface area contributed by atoms with Gasteiger partial charge >= 0.3 is 0 Å². The van der Waals surface area contributed by atoms with E-state index < -0.39 is 0 Å². The molecular weight excluding hydrogens is 254 g/mol. The molecule has 2 nitrogen and oxygen atoms in total. The highest BCUT2D eigenvalue weighted by molar-refractivity contribution is 9.10. The molecular formula is C12H16BrNO. The number of benzene rings is 1. The van der Waals surface area contributed by atoms with Crippen LogP contribution in [-0.4, -0.2) is 26.3 Å². The monoisotopic (exact) mass is 269 g/mol. The standard InChI is InChI=1S/C12H16BrNO/c1-15-12-8-14-7-10(12)6-9-4-2-3-5-11(9)13/h2-5,10,12,14H,6-8H2,1H3. The van der Waals surface area contributed by atoms with Gasteiger partial charge in [-0.15, -0.1) is 0 Å². The van der Waals surface area contributed by atoms with Crippen molar-refractivity contribution in [3.8, 4) is 0 Å². The Morgan fingerprint density at radius 1 is 1.40 bits per heavy atom. The van der Waals surface area contributed by atoms with Crippen molar-refractivity contribution in [2.45, 2.75) is 12.5 Å². The van der Waals surface area contributed by atoms with Crippen molar-refractivity contribution in [1.29, 1.82) is 0 Å². The Labute approximate surface area is 99.1 Å². The maximum Gasteiger partial charge on any atom is 0.0739 e. The van der Waals surface area contributed by atoms with Gasteiger partial charge in [0.05, 0.1) is 6.10 Å². The third-order valence-electron chi connectivity index (χ3n) is 3.02. The van der Waals surface area contributed by atoms with E-state index >= 15 is 0 Å². The molecule has 1 N–H and O–H groups in total. The molecule has 0 bridgehead atoms. The predicted octanol–water partition coefficient (Wildman–Crippen LogP) is 2.23. The van der Waals surface area contributed by atoms with Crippen molar-refractivity contribution < 1.29 is 4.74 Å². The van der Waals surface area contributed by atoms with Crippen LogP contribution in [0.25, 0.3) is 0 Å². The lowest BCUT2D eigenvalue weighted by Gasteiger charge is -2.17. The van der Waals surface area contributed by atoms with Gasteiger partial charge in [0.25, 0.3) is 0 Å². The first-order valence-electron chi connectivity index (χ1n) is 5.28. The Hall–Kier alpha value is -0.380. The molecule has 0 aromatic heterocycles. The SMILES string of the molecule is COC1CNCC1Cc1ccccc1Br. The Morgan fingerprint density at radius 2 is 2.20 bits per heavy atom. The molecule has 1 aromatic rings. The molecule has 82 valence electrons. The van der Waals surface area contributed by atoms with Gasteiger partial charge in [-0.05, 0) is 18.1 Å². The highest BCUT2D eigenvalue weighted by Crippen LogP contribution is 2.23. The van der Waals surface area contributed by atoms with Crippen LogP contribution in [0.3, 0.4) is 0 Å². The lowest BCUT2D eigenvalue weighted by atomic mass is 9.97. The van der Waals surface area contributed by atoms with E-state index in [0.717, 1.165) is 19.5 Å². The second kappa shape index (κ2) is 5.10. The third-order valence-corrected chi connectivity index (χ3v) is 3.79. The van der Waals surface area contributed by atoms with Crippen LogP contribution in [0.5, 0.6) is 0 Å². The molecule has 1 saturated heterocycles. The van der Waals surface area contributed by atoms with Crippen LogP contribution in [-0.2, 0) is 11.2 Å². The minimum atomic E-state index is 0.358. The number of hydrogen-bond donors (Lipinski definition) is 1. The Balaban J connectivity index is 2.05. The number of ether oxygens (including phenoxy) is 1. The quantitative estimate of drug-likeness (QED) is 0.909. The van der Waals surface area contributed by atoms with Crippen LogP contribution in [0, 0.1) is 5.92 Å². The molecule has 0 amide bonds. The number of halogens is 1. The summed E-state index contributed by atoms with van der Waals surface area (Å²) < 4.78 is 6.66. The Kier molecular flexibility index (Phi) is 3.78. The van der Waals surface area contributed by atoms with Gasteiger partial charge in [-0.2, -0.15) is 0 Å². The van der Waals surface area contributed by atoms with Gasteiger partial charge in [0, 0.05) is 30.6 Å². The summed E-state index contributed by atoms with van der Waals surface area (Å²) in [4.78, 5) is 0. The number of nitrogens with one attached hydrogen (secondary N) is 1. The molecule has 0 radical (unpaired) electrons. The molecule has 0 saturated carbocycles. The summed E-state index contributed by atoms with van der Waals surface area (Å²) in [5.41, 5.74) is 1.37. The van der Waals surface area contributed by atoms with E-state index in [2.05, 4.69) is 39.4 Å². The third kappa shape index (κ3) is 2.60. The number of methoxy groups -OCH3 is 1. The first kappa shape index (κ1) is 11.1. The zero-order valence-corrected chi connectivity index (χ0v) is 10.5. The summed E-state index contributed by atoms with van der Waals surface area (Å²) in [6, 6.07) is 8.41. The minimum absolute atomic E-state index is 0.358. The van der Waals surface area contributed by atoms with Crippen molar-refractivity contribution >= 4 is 15.9 Å². The molecule has 1 aliphatic rings. The van der Waals surface area contributed by atoms with E-state index in [1.54, 1.807) is 7.11 Å². The van der Waals surface area contributed by atoms with E-state index in [-0.39, 0.29) is 0 Å². The second-order valence-electron chi connectivity index (χ2n) is 3.99. The average Bonchev–Trinajstić information content (AvgIpc) is 2.69. The normalized spacial score (nSPS) is 25.7. The summed E-state index contributed by atoms with van der Waals surface area (Å²) >= 11 is 3.58. The van der Waals surface area contributed by atoms with Crippen molar-refractivity contribution in [1.82, 2.24) is 5.32 Å². The van der Waals surface area contributed by atoms with Crippen molar-refractivity contribution in [3.05, 3.63) is 34.3 Å². The fourth-order valence-corrected chi connectivity index (χ4v) is 2.58. The molecule has 2 atom stereocenters. The fourth-order valence-electron chi connectivity index (χ4n) is 2.13. The maximum atomic E-state index is 5.46. The van der Waals surface area contributed by atoms with Gasteiger partial charge in [-0.3, -0.25) is 0 Å². The van der Waals surface area contributed by atoms with Gasteiger partial charge in [0.15, 0.2) is 0 Å². The lowest BCUT2D eigenvalue weighted by Crippen LogP contribution is -2.22. The largest absolute Gasteiger partial charge is 0.380 e. The summed E-state index contributed by atoms with van der Waals surface area (Å²) in [5.74, 6) is 0.591. The smallest absolute Gasteiger partial charge is 0.0739 e. The maximum absolute atomic E-state index is 5.46. The second-order valence-corrected chi connectivity index (χ2v) is 4.84. The first-order chi connectivity index (χ1) is 7.31. The predicted molar refractivity (Wildman–Crippen MR) is 65.0 cm³/mol. The highest BCUT2D eigenvalue weighted by Gasteiger charge is 2.27. The van der Waals surface area contributed by atoms with Crippen molar-refractivity contribution in [3.63, 3.8) is 0 Å². The van der Waals surface area contributed by atoms with Crippen molar-refractivity contribution in [2.75, 3.05) is 20.2 Å². The fraction of sp³-hybridized carbons (Fsp3) is 0.500. The molecule has 1 aliphatic heterocycles. The van der Waals surface area contributed by atoms with Gasteiger partial charge in [0.2, 0.25) is 0 Å². The van der Waals surface area contributed by atoms with Crippen LogP contribution in [0.1, 0.15) is 5.56 Å². The average molecular weight is 270 g/mol. The van der Waals surface area contributed by atoms with Crippen LogP contribution in [0.4, 0.5) is 0 Å². The lowest BCUT2D eigenvalue weighted by molar-refractivity contribution is 0.0832. The van der Waals surface area contributed by atoms with Gasteiger partial charge in [-0.1, -0.05) is 34.1 Å². The molecule has 0 aliphatic carbocycles. The summed E-state index contributed by atoms with van der Waals surface area (Å²) in [5, 5.41) is 3.37. The van der Waals surface area contributed by atoms with Crippen LogP contribution in [0.2, 0.25) is 0 Å². The number of rotatable bonds is 3. The minimum Gasteiger partial charge on any atom is -0.380 e. The van der Waals surface area contributed by atoms with Crippen LogP contribution >= 0.6 is 15.9 Å². The first-order valence-corrected chi connectivity index (χ1v) is 6.07. The number of hydrogen-bond acceptors (Lipinski definition) is 2. The topological polar surface area (TPSA) is 21.3 Å². The van der Waals surface area contributed by atoms with Crippen LogP contribution in [0.15, 0.2) is 28.7 Å². The zero-order chi connectivity index (χ0) is 10.7. The van der Waals surface area contributed by atoms with Gasteiger partial charge < -0.3 is 10.1 Å². The van der Waals surface area contributed by atoms with Gasteiger partial charge in [-0.25, -0.2) is 0 Å². The molecule has 2 rings (SSSR count). The molecule has 1 fully saturated rings. The van der Waals surface area contributed by atoms with E-state index in [9.17, 15) is 0 Å². The molecule has 0 spiro atoms. The molecule has 15 heavy (non-hydrogen) atoms. The van der Waals surface area contributed by atoms with E-state index in [1.165, 1.54) is 10.0 Å². The Bertz CT molecular complexity index is 329. The van der Waals surface area contributed by atoms with E-state index in [1.807, 2.05) is 6.07 Å². The Morgan fingerprint density at radius 3 is 2.93 bits per heavy atom. The molecule has 3 heteroatoms. The molecule has 2 unspecified atom stereocenters. The molecule has 1 aromatic carbocycles. The van der Waals surface area contributed by atoms with E-state index in [4.69, 9.17) is 4.74 Å². The highest BCUT2D eigenvalue weighted by atomic mass is 79.9. The molecule has 1 heterocycles. The summed E-state index contributed by atoms with van der Waals surface area (Å²) in [6.45, 7) is 2.03. The summed E-state index contributed by atoms with van der Waals surface area (Å²) in [6.07, 6.45) is 1.43. The van der Waals surface area contributed by atoms with Crippen LogP contribution < -0.4 is 5.32 Å².